The maximum Gasteiger partial charge on any atom is 0.417 e. The highest BCUT2D eigenvalue weighted by molar-refractivity contribution is 5.76. The van der Waals surface area contributed by atoms with Crippen molar-refractivity contribution in [3.63, 3.8) is 0 Å². The molecule has 0 aromatic rings. The van der Waals surface area contributed by atoms with Gasteiger partial charge in [-0.1, -0.05) is 25.2 Å². The fourth-order valence-electron chi connectivity index (χ4n) is 6.79. The van der Waals surface area contributed by atoms with Gasteiger partial charge >= 0.3 is 12.4 Å². The van der Waals surface area contributed by atoms with E-state index in [0.29, 0.717) is 56.5 Å². The molecular formula is C31H41F6N5O. The van der Waals surface area contributed by atoms with E-state index in [1.165, 1.54) is 19.1 Å². The van der Waals surface area contributed by atoms with Gasteiger partial charge in [0.25, 0.3) is 0 Å². The first kappa shape index (κ1) is 33.0. The predicted octanol–water partition coefficient (Wildman–Crippen LogP) is 6.15. The molecule has 3 aliphatic carbocycles. The summed E-state index contributed by atoms with van der Waals surface area (Å²) >= 11 is 0. The number of hydrogen-bond acceptors (Lipinski definition) is 5. The number of nitriles is 1. The molecule has 3 unspecified atom stereocenters. The van der Waals surface area contributed by atoms with E-state index in [0.717, 1.165) is 44.3 Å². The summed E-state index contributed by atoms with van der Waals surface area (Å²) in [4.78, 5) is 14.6. The number of piperidine rings is 1. The Morgan fingerprint density at radius 2 is 1.74 bits per heavy atom. The summed E-state index contributed by atoms with van der Waals surface area (Å²) in [5.74, 6) is 1.69. The molecule has 1 saturated heterocycles. The van der Waals surface area contributed by atoms with Gasteiger partial charge in [0.15, 0.2) is 0 Å². The number of allylic oxidation sites excluding steroid dienone is 5. The molecule has 4 N–H and O–H groups in total. The van der Waals surface area contributed by atoms with Gasteiger partial charge < -0.3 is 21.3 Å². The molecule has 1 heterocycles. The molecule has 4 rings (SSSR count). The summed E-state index contributed by atoms with van der Waals surface area (Å²) in [6.45, 7) is 2.57. The summed E-state index contributed by atoms with van der Waals surface area (Å²) in [6.07, 6.45) is 2.72. The van der Waals surface area contributed by atoms with Crippen LogP contribution in [0.4, 0.5) is 26.3 Å². The maximum absolute atomic E-state index is 13.3. The molecule has 4 aliphatic rings. The minimum absolute atomic E-state index is 0.0120. The third-order valence-electron chi connectivity index (χ3n) is 9.34. The standard InChI is InChI=1S/C31H41F6N5O/c1-2-22(30(32,33)34)6-10-28(39)42-13-11-24(12-14-42)41-29(43)16-21-15-26(21)19-3-7-23(8-4-19)40-25-9-5-20(18-38)27(17-25)31(35,36)37/h5-6,10,17,19,21,23-26,40H,2-4,7-9,11-16,39H2,1H3,(H,41,43)/b22-6+,28-10+. The number of amides is 1. The molecule has 0 aromatic heterocycles. The zero-order valence-electron chi connectivity index (χ0n) is 24.4. The van der Waals surface area contributed by atoms with Crippen molar-refractivity contribution in [2.75, 3.05) is 13.1 Å². The van der Waals surface area contributed by atoms with Crippen molar-refractivity contribution in [3.05, 3.63) is 46.8 Å². The van der Waals surface area contributed by atoms with Crippen LogP contribution in [0, 0.1) is 29.1 Å². The Kier molecular flexibility index (Phi) is 10.6. The molecule has 0 spiro atoms. The van der Waals surface area contributed by atoms with Crippen LogP contribution in [0.25, 0.3) is 0 Å². The van der Waals surface area contributed by atoms with Crippen LogP contribution in [0.3, 0.4) is 0 Å². The van der Waals surface area contributed by atoms with Gasteiger partial charge in [-0.2, -0.15) is 31.6 Å². The van der Waals surface area contributed by atoms with Crippen molar-refractivity contribution < 1.29 is 31.1 Å². The lowest BCUT2D eigenvalue weighted by molar-refractivity contribution is -0.122. The summed E-state index contributed by atoms with van der Waals surface area (Å²) in [5, 5.41) is 15.5. The highest BCUT2D eigenvalue weighted by atomic mass is 19.4. The Bertz CT molecular complexity index is 1160. The smallest absolute Gasteiger partial charge is 0.385 e. The van der Waals surface area contributed by atoms with Crippen LogP contribution in [-0.2, 0) is 4.79 Å². The minimum Gasteiger partial charge on any atom is -0.385 e. The van der Waals surface area contributed by atoms with Crippen LogP contribution in [0.2, 0.25) is 0 Å². The first-order valence-electron chi connectivity index (χ1n) is 15.2. The van der Waals surface area contributed by atoms with E-state index in [9.17, 15) is 31.1 Å². The zero-order chi connectivity index (χ0) is 31.4. The van der Waals surface area contributed by atoms with Crippen LogP contribution >= 0.6 is 0 Å². The van der Waals surface area contributed by atoms with Crippen molar-refractivity contribution in [1.29, 1.82) is 5.26 Å². The fraction of sp³-hybridized carbons (Fsp3) is 0.677. The van der Waals surface area contributed by atoms with Crippen LogP contribution in [-0.4, -0.2) is 54.4 Å². The molecule has 1 aliphatic heterocycles. The molecule has 238 valence electrons. The van der Waals surface area contributed by atoms with Crippen molar-refractivity contribution in [2.24, 2.45) is 23.5 Å². The topological polar surface area (TPSA) is 94.2 Å². The number of nitrogens with zero attached hydrogens (tertiary/aromatic N) is 2. The van der Waals surface area contributed by atoms with E-state index in [4.69, 9.17) is 11.0 Å². The van der Waals surface area contributed by atoms with Crippen molar-refractivity contribution in [2.45, 2.75) is 102 Å². The molecular weight excluding hydrogens is 572 g/mol. The number of hydrogen-bond donors (Lipinski definition) is 3. The van der Waals surface area contributed by atoms with Crippen molar-refractivity contribution in [1.82, 2.24) is 15.5 Å². The number of halogens is 6. The highest BCUT2D eigenvalue weighted by Crippen LogP contribution is 2.51. The first-order valence-corrected chi connectivity index (χ1v) is 15.2. The van der Waals surface area contributed by atoms with Gasteiger partial charge in [-0.15, -0.1) is 0 Å². The van der Waals surface area contributed by atoms with Crippen molar-refractivity contribution >= 4 is 5.91 Å². The lowest BCUT2D eigenvalue weighted by atomic mass is 9.81. The second-order valence-corrected chi connectivity index (χ2v) is 12.3. The Labute approximate surface area is 249 Å². The lowest BCUT2D eigenvalue weighted by Crippen LogP contribution is -2.45. The van der Waals surface area contributed by atoms with Crippen LogP contribution in [0.1, 0.15) is 71.1 Å². The summed E-state index contributed by atoms with van der Waals surface area (Å²) < 4.78 is 78.7. The normalized spacial score (nSPS) is 29.4. The average Bonchev–Trinajstić information content (AvgIpc) is 3.71. The Hall–Kier alpha value is -2.94. The van der Waals surface area contributed by atoms with Crippen LogP contribution < -0.4 is 16.4 Å². The molecule has 3 atom stereocenters. The van der Waals surface area contributed by atoms with Crippen LogP contribution in [0.15, 0.2) is 46.8 Å². The molecule has 0 aromatic carbocycles. The number of alkyl halides is 6. The number of nitrogens with one attached hydrogen (secondary N) is 2. The summed E-state index contributed by atoms with van der Waals surface area (Å²) in [5.41, 5.74) is 4.21. The Morgan fingerprint density at radius 1 is 1.07 bits per heavy atom. The molecule has 2 saturated carbocycles. The van der Waals surface area contributed by atoms with Gasteiger partial charge in [0.1, 0.15) is 0 Å². The van der Waals surface area contributed by atoms with Gasteiger partial charge in [-0.25, -0.2) is 0 Å². The van der Waals surface area contributed by atoms with Crippen LogP contribution in [0.5, 0.6) is 0 Å². The van der Waals surface area contributed by atoms with E-state index in [2.05, 4.69) is 10.6 Å². The average molecular weight is 614 g/mol. The SMILES string of the molecule is CC/C(=C\C=C(/N)N1CCC(NC(=O)CC2CC2C2CCC(NC3C=C(C(F)(F)F)C(C#N)=CC3)CC2)CC1)C(F)(F)F. The molecule has 3 fully saturated rings. The van der Waals surface area contributed by atoms with Gasteiger partial charge in [0, 0.05) is 43.2 Å². The maximum atomic E-state index is 13.3. The zero-order valence-corrected chi connectivity index (χ0v) is 24.4. The second kappa shape index (κ2) is 13.8. The molecule has 12 heteroatoms. The molecule has 0 bridgehead atoms. The van der Waals surface area contributed by atoms with E-state index >= 15 is 0 Å². The lowest BCUT2D eigenvalue weighted by Gasteiger charge is -2.34. The molecule has 6 nitrogen and oxygen atoms in total. The molecule has 1 amide bonds. The van der Waals surface area contributed by atoms with Gasteiger partial charge in [0.05, 0.1) is 23.0 Å². The Morgan fingerprint density at radius 3 is 2.33 bits per heavy atom. The summed E-state index contributed by atoms with van der Waals surface area (Å²) in [6, 6.07) is 1.35. The van der Waals surface area contributed by atoms with Gasteiger partial charge in [0.2, 0.25) is 5.91 Å². The van der Waals surface area contributed by atoms with Crippen molar-refractivity contribution in [3.8, 4) is 6.07 Å². The van der Waals surface area contributed by atoms with E-state index in [1.54, 1.807) is 6.07 Å². The third-order valence-corrected chi connectivity index (χ3v) is 9.34. The Balaban J connectivity index is 1.14. The monoisotopic (exact) mass is 613 g/mol. The molecule has 43 heavy (non-hydrogen) atoms. The predicted molar refractivity (Wildman–Crippen MR) is 151 cm³/mol. The molecule has 0 radical (unpaired) electrons. The van der Waals surface area contributed by atoms with E-state index in [-0.39, 0.29) is 35.8 Å². The first-order chi connectivity index (χ1) is 20.3. The number of carbonyl (C=O) groups excluding carboxylic acids is 1. The number of carbonyl (C=O) groups is 1. The highest BCUT2D eigenvalue weighted by Gasteiger charge is 2.45. The summed E-state index contributed by atoms with van der Waals surface area (Å²) in [7, 11) is 0. The second-order valence-electron chi connectivity index (χ2n) is 12.3. The quantitative estimate of drug-likeness (QED) is 0.214. The number of nitrogens with two attached hydrogens (primary N) is 1. The van der Waals surface area contributed by atoms with E-state index in [1.807, 2.05) is 4.90 Å². The fourth-order valence-corrected chi connectivity index (χ4v) is 6.79. The number of likely N-dealkylation sites (tertiary alicyclic amines) is 1. The number of rotatable bonds is 9. The third kappa shape index (κ3) is 9.03. The minimum atomic E-state index is -4.55. The van der Waals surface area contributed by atoms with E-state index < -0.39 is 29.5 Å². The van der Waals surface area contributed by atoms with Gasteiger partial charge in [-0.3, -0.25) is 4.79 Å². The largest absolute Gasteiger partial charge is 0.417 e. The van der Waals surface area contributed by atoms with Gasteiger partial charge in [-0.05, 0) is 81.6 Å².